The van der Waals surface area contributed by atoms with Crippen molar-refractivity contribution in [2.45, 2.75) is 19.4 Å². The summed E-state index contributed by atoms with van der Waals surface area (Å²) in [7, 11) is 1.93. The van der Waals surface area contributed by atoms with Crippen LogP contribution in [0, 0.1) is 0 Å². The van der Waals surface area contributed by atoms with Crippen molar-refractivity contribution in [3.05, 3.63) is 102 Å². The highest BCUT2D eigenvalue weighted by atomic mass is 16.5. The lowest BCUT2D eigenvalue weighted by Crippen LogP contribution is -2.29. The predicted octanol–water partition coefficient (Wildman–Crippen LogP) is 5.59. The van der Waals surface area contributed by atoms with E-state index in [0.717, 1.165) is 22.9 Å². The number of Topliss-reactive ketones (excluding diaryl/α,β-unsaturated/α-hetero) is 1. The summed E-state index contributed by atoms with van der Waals surface area (Å²) in [5, 5.41) is 12.4. The Morgan fingerprint density at radius 1 is 0.971 bits per heavy atom. The van der Waals surface area contributed by atoms with Gasteiger partial charge in [-0.2, -0.15) is 0 Å². The van der Waals surface area contributed by atoms with E-state index >= 15 is 0 Å². The van der Waals surface area contributed by atoms with Gasteiger partial charge in [0.05, 0.1) is 18.2 Å². The van der Waals surface area contributed by atoms with Crippen LogP contribution in [0.4, 0.5) is 5.69 Å². The lowest BCUT2D eigenvalue weighted by atomic mass is 9.94. The Labute approximate surface area is 203 Å². The lowest BCUT2D eigenvalue weighted by Gasteiger charge is -2.25. The number of benzene rings is 3. The molecule has 5 rings (SSSR count). The fourth-order valence-corrected chi connectivity index (χ4v) is 4.68. The number of amides is 1. The molecule has 0 spiro atoms. The van der Waals surface area contributed by atoms with Crippen LogP contribution in [0.1, 0.15) is 30.5 Å². The molecular formula is C29H26N2O4. The standard InChI is InChI=1S/C29H26N2O4/c1-3-16-35-21-13-9-10-19(17-21)27(32)25-26(23-18-30(2)24-15-8-7-14-22(23)24)31(29(34)28(25)33)20-11-5-4-6-12-20/h4-15,17-18,26,32H,3,16H2,1-2H3/b27-25+. The fourth-order valence-electron chi connectivity index (χ4n) is 4.68. The van der Waals surface area contributed by atoms with Crippen LogP contribution in [0.15, 0.2) is 90.6 Å². The zero-order chi connectivity index (χ0) is 24.5. The molecule has 4 aromatic rings. The van der Waals surface area contributed by atoms with Crippen LogP contribution in [0.25, 0.3) is 16.7 Å². The topological polar surface area (TPSA) is 71.8 Å². The third-order valence-electron chi connectivity index (χ3n) is 6.28. The van der Waals surface area contributed by atoms with Crippen molar-refractivity contribution < 1.29 is 19.4 Å². The van der Waals surface area contributed by atoms with E-state index in [1.165, 1.54) is 4.90 Å². The second kappa shape index (κ2) is 9.14. The number of hydrogen-bond donors (Lipinski definition) is 1. The number of aliphatic hydroxyl groups excluding tert-OH is 1. The van der Waals surface area contributed by atoms with E-state index in [0.29, 0.717) is 23.6 Å². The Bertz CT molecular complexity index is 1450. The Morgan fingerprint density at radius 3 is 2.49 bits per heavy atom. The van der Waals surface area contributed by atoms with Gasteiger partial charge in [-0.25, -0.2) is 0 Å². The molecule has 1 unspecified atom stereocenters. The van der Waals surface area contributed by atoms with Gasteiger partial charge in [0.25, 0.3) is 11.7 Å². The summed E-state index contributed by atoms with van der Waals surface area (Å²) in [5.41, 5.74) is 2.81. The van der Waals surface area contributed by atoms with E-state index in [4.69, 9.17) is 4.74 Å². The van der Waals surface area contributed by atoms with Crippen molar-refractivity contribution in [3.8, 4) is 5.75 Å². The lowest BCUT2D eigenvalue weighted by molar-refractivity contribution is -0.132. The minimum absolute atomic E-state index is 0.0582. The first kappa shape index (κ1) is 22.5. The number of para-hydroxylation sites is 2. The minimum atomic E-state index is -0.788. The van der Waals surface area contributed by atoms with Crippen molar-refractivity contribution >= 4 is 34.0 Å². The van der Waals surface area contributed by atoms with E-state index < -0.39 is 17.7 Å². The molecule has 1 aromatic heterocycles. The maximum absolute atomic E-state index is 13.4. The van der Waals surface area contributed by atoms with E-state index in [1.807, 2.05) is 67.2 Å². The second-order valence-corrected chi connectivity index (χ2v) is 8.59. The number of ketones is 1. The molecule has 1 atom stereocenters. The number of carbonyl (C=O) groups excluding carboxylic acids is 2. The van der Waals surface area contributed by atoms with Gasteiger partial charge in [-0.1, -0.05) is 55.5 Å². The molecule has 6 heteroatoms. The molecule has 176 valence electrons. The van der Waals surface area contributed by atoms with E-state index in [-0.39, 0.29) is 11.3 Å². The fraction of sp³-hybridized carbons (Fsp3) is 0.172. The van der Waals surface area contributed by atoms with Crippen LogP contribution >= 0.6 is 0 Å². The second-order valence-electron chi connectivity index (χ2n) is 8.59. The number of ether oxygens (including phenoxy) is 1. The molecule has 1 aliphatic rings. The number of fused-ring (bicyclic) bond motifs is 1. The average Bonchev–Trinajstić information content (AvgIpc) is 3.36. The molecule has 1 N–H and O–H groups in total. The summed E-state index contributed by atoms with van der Waals surface area (Å²) in [5.74, 6) is -1.02. The summed E-state index contributed by atoms with van der Waals surface area (Å²) < 4.78 is 7.69. The third kappa shape index (κ3) is 3.87. The molecular weight excluding hydrogens is 440 g/mol. The van der Waals surface area contributed by atoms with Crippen LogP contribution in [-0.4, -0.2) is 28.0 Å². The molecule has 6 nitrogen and oxygen atoms in total. The summed E-state index contributed by atoms with van der Waals surface area (Å²) >= 11 is 0. The molecule has 0 radical (unpaired) electrons. The number of aryl methyl sites for hydroxylation is 1. The van der Waals surface area contributed by atoms with Gasteiger partial charge in [-0.05, 0) is 36.8 Å². The number of aromatic nitrogens is 1. The molecule has 1 fully saturated rings. The van der Waals surface area contributed by atoms with Crippen molar-refractivity contribution in [1.82, 2.24) is 4.57 Å². The molecule has 1 amide bonds. The number of hydrogen-bond acceptors (Lipinski definition) is 4. The Morgan fingerprint density at radius 2 is 1.71 bits per heavy atom. The molecule has 0 bridgehead atoms. The van der Waals surface area contributed by atoms with Crippen LogP contribution in [0.3, 0.4) is 0 Å². The van der Waals surface area contributed by atoms with E-state index in [2.05, 4.69) is 0 Å². The first-order valence-electron chi connectivity index (χ1n) is 11.6. The van der Waals surface area contributed by atoms with Gasteiger partial charge in [0, 0.05) is 41.0 Å². The monoisotopic (exact) mass is 466 g/mol. The average molecular weight is 467 g/mol. The predicted molar refractivity (Wildman–Crippen MR) is 136 cm³/mol. The normalized spacial score (nSPS) is 17.3. The van der Waals surface area contributed by atoms with Gasteiger partial charge in [-0.3, -0.25) is 14.5 Å². The SMILES string of the molecule is CCCOc1cccc(/C(O)=C2\C(=O)C(=O)N(c3ccccc3)C2c2cn(C)c3ccccc23)c1. The molecule has 2 heterocycles. The highest BCUT2D eigenvalue weighted by Crippen LogP contribution is 2.44. The summed E-state index contributed by atoms with van der Waals surface area (Å²) in [6.45, 7) is 2.55. The largest absolute Gasteiger partial charge is 0.507 e. The van der Waals surface area contributed by atoms with Gasteiger partial charge in [0.15, 0.2) is 0 Å². The molecule has 1 saturated heterocycles. The summed E-state index contributed by atoms with van der Waals surface area (Å²) in [4.78, 5) is 28.3. The maximum Gasteiger partial charge on any atom is 0.300 e. The van der Waals surface area contributed by atoms with Crippen LogP contribution in [-0.2, 0) is 16.6 Å². The molecule has 3 aromatic carbocycles. The number of nitrogens with zero attached hydrogens (tertiary/aromatic N) is 2. The molecule has 0 aliphatic carbocycles. The van der Waals surface area contributed by atoms with Gasteiger partial charge in [-0.15, -0.1) is 0 Å². The smallest absolute Gasteiger partial charge is 0.300 e. The number of aliphatic hydroxyl groups is 1. The number of carbonyl (C=O) groups is 2. The van der Waals surface area contributed by atoms with Gasteiger partial charge >= 0.3 is 0 Å². The van der Waals surface area contributed by atoms with Crippen molar-refractivity contribution in [3.63, 3.8) is 0 Å². The highest BCUT2D eigenvalue weighted by molar-refractivity contribution is 6.51. The van der Waals surface area contributed by atoms with Crippen molar-refractivity contribution in [2.75, 3.05) is 11.5 Å². The Balaban J connectivity index is 1.74. The quantitative estimate of drug-likeness (QED) is 0.228. The molecule has 1 aliphatic heterocycles. The van der Waals surface area contributed by atoms with E-state index in [9.17, 15) is 14.7 Å². The van der Waals surface area contributed by atoms with E-state index in [1.54, 1.807) is 36.4 Å². The zero-order valence-corrected chi connectivity index (χ0v) is 19.6. The number of rotatable bonds is 6. The Hall–Kier alpha value is -4.32. The van der Waals surface area contributed by atoms with Crippen molar-refractivity contribution in [1.29, 1.82) is 0 Å². The summed E-state index contributed by atoms with van der Waals surface area (Å²) in [6.07, 6.45) is 2.77. The first-order valence-corrected chi connectivity index (χ1v) is 11.6. The highest BCUT2D eigenvalue weighted by Gasteiger charge is 2.47. The van der Waals surface area contributed by atoms with Crippen LogP contribution < -0.4 is 9.64 Å². The number of anilines is 1. The minimum Gasteiger partial charge on any atom is -0.507 e. The molecule has 0 saturated carbocycles. The molecule has 35 heavy (non-hydrogen) atoms. The first-order chi connectivity index (χ1) is 17.0. The Kier molecular flexibility index (Phi) is 5.87. The zero-order valence-electron chi connectivity index (χ0n) is 19.6. The van der Waals surface area contributed by atoms with Crippen molar-refractivity contribution in [2.24, 2.45) is 7.05 Å². The van der Waals surface area contributed by atoms with Crippen LogP contribution in [0.2, 0.25) is 0 Å². The van der Waals surface area contributed by atoms with Gasteiger partial charge in [0.2, 0.25) is 0 Å². The maximum atomic E-state index is 13.4. The van der Waals surface area contributed by atoms with Crippen LogP contribution in [0.5, 0.6) is 5.75 Å². The van der Waals surface area contributed by atoms with Gasteiger partial charge < -0.3 is 14.4 Å². The summed E-state index contributed by atoms with van der Waals surface area (Å²) in [6, 6.07) is 23.1. The third-order valence-corrected chi connectivity index (χ3v) is 6.28. The van der Waals surface area contributed by atoms with Gasteiger partial charge in [0.1, 0.15) is 11.5 Å².